The highest BCUT2D eigenvalue weighted by molar-refractivity contribution is 7.99. The van der Waals surface area contributed by atoms with Gasteiger partial charge in [-0.2, -0.15) is 0 Å². The summed E-state index contributed by atoms with van der Waals surface area (Å²) >= 11 is 1.80. The lowest BCUT2D eigenvalue weighted by atomic mass is 10.2. The van der Waals surface area contributed by atoms with E-state index < -0.39 is 0 Å². The van der Waals surface area contributed by atoms with Crippen molar-refractivity contribution in [2.24, 2.45) is 0 Å². The molecule has 3 nitrogen and oxygen atoms in total. The predicted octanol–water partition coefficient (Wildman–Crippen LogP) is 3.23. The van der Waals surface area contributed by atoms with Crippen molar-refractivity contribution < 1.29 is 9.90 Å². The van der Waals surface area contributed by atoms with Crippen LogP contribution >= 0.6 is 11.8 Å². The second-order valence-corrected chi connectivity index (χ2v) is 5.92. The van der Waals surface area contributed by atoms with Gasteiger partial charge < -0.3 is 10.4 Å². The van der Waals surface area contributed by atoms with Gasteiger partial charge in [-0.3, -0.25) is 4.79 Å². The average molecular weight is 295 g/mol. The van der Waals surface area contributed by atoms with E-state index in [0.29, 0.717) is 6.42 Å². The maximum absolute atomic E-state index is 11.6. The van der Waals surface area contributed by atoms with Crippen LogP contribution in [0.2, 0.25) is 0 Å². The van der Waals surface area contributed by atoms with E-state index in [2.05, 4.69) is 17.4 Å². The minimum atomic E-state index is 0.154. The Morgan fingerprint density at radius 3 is 2.55 bits per heavy atom. The quantitative estimate of drug-likeness (QED) is 0.487. The third-order valence-corrected chi connectivity index (χ3v) is 4.07. The molecule has 0 aliphatic carbocycles. The topological polar surface area (TPSA) is 49.3 Å². The number of hydrogen-bond donors (Lipinski definition) is 2. The zero-order valence-electron chi connectivity index (χ0n) is 12.0. The number of nitrogens with one attached hydrogen (secondary N) is 1. The number of amides is 1. The minimum Gasteiger partial charge on any atom is -0.396 e. The molecule has 1 rings (SSSR count). The maximum atomic E-state index is 11.6. The fraction of sp³-hybridized carbons (Fsp3) is 0.562. The molecule has 0 saturated carbocycles. The average Bonchev–Trinajstić information content (AvgIpc) is 2.48. The molecule has 0 aliphatic heterocycles. The number of benzene rings is 1. The molecule has 0 unspecified atom stereocenters. The van der Waals surface area contributed by atoms with Crippen LogP contribution in [-0.4, -0.2) is 29.9 Å². The molecule has 1 amide bonds. The molecule has 112 valence electrons. The summed E-state index contributed by atoms with van der Waals surface area (Å²) in [7, 11) is 0. The predicted molar refractivity (Wildman–Crippen MR) is 85.0 cm³/mol. The van der Waals surface area contributed by atoms with Gasteiger partial charge in [0.25, 0.3) is 0 Å². The van der Waals surface area contributed by atoms with Crippen molar-refractivity contribution in [3.05, 3.63) is 30.3 Å². The van der Waals surface area contributed by atoms with Crippen LogP contribution in [0.15, 0.2) is 35.2 Å². The van der Waals surface area contributed by atoms with Crippen LogP contribution in [-0.2, 0) is 4.79 Å². The molecule has 2 N–H and O–H groups in total. The van der Waals surface area contributed by atoms with Crippen molar-refractivity contribution in [2.45, 2.75) is 43.4 Å². The smallest absolute Gasteiger partial charge is 0.220 e. The van der Waals surface area contributed by atoms with Gasteiger partial charge in [-0.1, -0.05) is 31.0 Å². The Bertz CT molecular complexity index is 357. The third-order valence-electron chi connectivity index (χ3n) is 2.97. The highest BCUT2D eigenvalue weighted by Crippen LogP contribution is 2.18. The van der Waals surface area contributed by atoms with Crippen LogP contribution < -0.4 is 5.32 Å². The highest BCUT2D eigenvalue weighted by atomic mass is 32.2. The lowest BCUT2D eigenvalue weighted by Crippen LogP contribution is -2.24. The molecule has 0 fully saturated rings. The van der Waals surface area contributed by atoms with Crippen LogP contribution in [0.5, 0.6) is 0 Å². The van der Waals surface area contributed by atoms with Crippen LogP contribution in [0.25, 0.3) is 0 Å². The molecule has 4 heteroatoms. The number of aliphatic hydroxyl groups excluding tert-OH is 1. The number of aliphatic hydroxyl groups is 1. The van der Waals surface area contributed by atoms with Crippen molar-refractivity contribution in [3.63, 3.8) is 0 Å². The molecule has 0 saturated heterocycles. The first kappa shape index (κ1) is 17.1. The van der Waals surface area contributed by atoms with Gasteiger partial charge in [-0.25, -0.2) is 0 Å². The Labute approximate surface area is 126 Å². The van der Waals surface area contributed by atoms with Gasteiger partial charge in [0.1, 0.15) is 0 Å². The van der Waals surface area contributed by atoms with E-state index >= 15 is 0 Å². The first-order valence-corrected chi connectivity index (χ1v) is 8.37. The highest BCUT2D eigenvalue weighted by Gasteiger charge is 2.01. The maximum Gasteiger partial charge on any atom is 0.220 e. The summed E-state index contributed by atoms with van der Waals surface area (Å²) in [6, 6.07) is 10.3. The molecule has 20 heavy (non-hydrogen) atoms. The van der Waals surface area contributed by atoms with Crippen molar-refractivity contribution in [1.29, 1.82) is 0 Å². The Kier molecular flexibility index (Phi) is 10.1. The summed E-state index contributed by atoms with van der Waals surface area (Å²) in [5.74, 6) is 1.13. The van der Waals surface area contributed by atoms with E-state index in [-0.39, 0.29) is 12.5 Å². The number of unbranched alkanes of at least 4 members (excludes halogenated alkanes) is 3. The van der Waals surface area contributed by atoms with E-state index in [1.165, 1.54) is 4.90 Å². The van der Waals surface area contributed by atoms with Gasteiger partial charge >= 0.3 is 0 Å². The van der Waals surface area contributed by atoms with Gasteiger partial charge in [0.15, 0.2) is 0 Å². The zero-order chi connectivity index (χ0) is 14.5. The fourth-order valence-electron chi connectivity index (χ4n) is 1.85. The van der Waals surface area contributed by atoms with Gasteiger partial charge in [0.2, 0.25) is 5.91 Å². The minimum absolute atomic E-state index is 0.154. The summed E-state index contributed by atoms with van der Waals surface area (Å²) in [5.41, 5.74) is 0. The molecule has 0 radical (unpaired) electrons. The van der Waals surface area contributed by atoms with Gasteiger partial charge in [-0.05, 0) is 37.1 Å². The molecule has 0 spiro atoms. The Morgan fingerprint density at radius 2 is 1.80 bits per heavy atom. The number of hydrogen-bond acceptors (Lipinski definition) is 3. The Hall–Kier alpha value is -1.00. The van der Waals surface area contributed by atoms with E-state index in [0.717, 1.165) is 44.4 Å². The van der Waals surface area contributed by atoms with Gasteiger partial charge in [0, 0.05) is 24.5 Å². The van der Waals surface area contributed by atoms with E-state index in [4.69, 9.17) is 5.11 Å². The molecular weight excluding hydrogens is 270 g/mol. The van der Waals surface area contributed by atoms with Crippen LogP contribution in [0.4, 0.5) is 0 Å². The first-order valence-electron chi connectivity index (χ1n) is 7.38. The summed E-state index contributed by atoms with van der Waals surface area (Å²) < 4.78 is 0. The van der Waals surface area contributed by atoms with E-state index in [1.54, 1.807) is 11.8 Å². The van der Waals surface area contributed by atoms with Gasteiger partial charge in [0.05, 0.1) is 0 Å². The van der Waals surface area contributed by atoms with E-state index in [9.17, 15) is 4.79 Å². The number of carbonyl (C=O) groups is 1. The summed E-state index contributed by atoms with van der Waals surface area (Å²) in [6.07, 6.45) is 5.51. The normalized spacial score (nSPS) is 10.4. The lowest BCUT2D eigenvalue weighted by Gasteiger charge is -2.05. The number of thioether (sulfide) groups is 1. The molecule has 0 heterocycles. The fourth-order valence-corrected chi connectivity index (χ4v) is 2.72. The van der Waals surface area contributed by atoms with Crippen molar-refractivity contribution in [3.8, 4) is 0 Å². The molecule has 0 bridgehead atoms. The standard InChI is InChI=1S/C16H25NO2S/c18-13-7-2-1-6-12-17-16(19)11-8-14-20-15-9-4-3-5-10-15/h3-5,9-10,18H,1-2,6-8,11-14H2,(H,17,19). The molecule has 0 aromatic heterocycles. The summed E-state index contributed by atoms with van der Waals surface area (Å²) in [6.45, 7) is 1.03. The molecule has 0 atom stereocenters. The SMILES string of the molecule is O=C(CCCSc1ccccc1)NCCCCCCO. The molecule has 0 aliphatic rings. The molecule has 1 aromatic carbocycles. The zero-order valence-corrected chi connectivity index (χ0v) is 12.8. The molecule has 1 aromatic rings. The van der Waals surface area contributed by atoms with Crippen molar-refractivity contribution in [2.75, 3.05) is 18.9 Å². The Balaban J connectivity index is 1.92. The first-order chi connectivity index (χ1) is 9.83. The monoisotopic (exact) mass is 295 g/mol. The van der Waals surface area contributed by atoms with Crippen LogP contribution in [0.3, 0.4) is 0 Å². The summed E-state index contributed by atoms with van der Waals surface area (Å²) in [4.78, 5) is 12.8. The molecular formula is C16H25NO2S. The second-order valence-electron chi connectivity index (χ2n) is 4.75. The Morgan fingerprint density at radius 1 is 1.05 bits per heavy atom. The summed E-state index contributed by atoms with van der Waals surface area (Å²) in [5, 5.41) is 11.6. The third kappa shape index (κ3) is 8.99. The van der Waals surface area contributed by atoms with E-state index in [1.807, 2.05) is 18.2 Å². The van der Waals surface area contributed by atoms with Crippen molar-refractivity contribution >= 4 is 17.7 Å². The second kappa shape index (κ2) is 11.8. The number of carbonyl (C=O) groups excluding carboxylic acids is 1. The van der Waals surface area contributed by atoms with Crippen LogP contribution in [0.1, 0.15) is 38.5 Å². The van der Waals surface area contributed by atoms with Gasteiger partial charge in [-0.15, -0.1) is 11.8 Å². The largest absolute Gasteiger partial charge is 0.396 e. The van der Waals surface area contributed by atoms with Crippen molar-refractivity contribution in [1.82, 2.24) is 5.32 Å². The lowest BCUT2D eigenvalue weighted by molar-refractivity contribution is -0.121. The number of rotatable bonds is 11. The van der Waals surface area contributed by atoms with Crippen LogP contribution in [0, 0.1) is 0 Å².